The number of benzene rings is 3. The minimum Gasteiger partial charge on any atom is -0.495 e. The van der Waals surface area contributed by atoms with Crippen molar-refractivity contribution in [3.05, 3.63) is 89.5 Å². The van der Waals surface area contributed by atoms with Gasteiger partial charge in [-0.05, 0) is 68.1 Å². The minimum atomic E-state index is -4.69. The van der Waals surface area contributed by atoms with Gasteiger partial charge in [0.25, 0.3) is 10.0 Å². The highest BCUT2D eigenvalue weighted by atomic mass is 32.2. The number of alkyl halides is 3. The molecule has 0 fully saturated rings. The van der Waals surface area contributed by atoms with Crippen molar-refractivity contribution in [2.24, 2.45) is 0 Å². The molecule has 0 aliphatic rings. The molecule has 0 heterocycles. The first-order valence-corrected chi connectivity index (χ1v) is 13.0. The molecule has 0 spiro atoms. The summed E-state index contributed by atoms with van der Waals surface area (Å²) in [6, 6.07) is 17.7. The summed E-state index contributed by atoms with van der Waals surface area (Å²) >= 11 is 0. The summed E-state index contributed by atoms with van der Waals surface area (Å²) < 4.78 is 73.6. The number of sulfonamides is 1. The third-order valence-electron chi connectivity index (χ3n) is 5.75. The molecule has 0 unspecified atom stereocenters. The van der Waals surface area contributed by atoms with E-state index < -0.39 is 34.2 Å². The molecule has 3 aromatic carbocycles. The Kier molecular flexibility index (Phi) is 8.85. The number of carbonyl (C=O) groups excluding carboxylic acids is 1. The van der Waals surface area contributed by atoms with E-state index >= 15 is 0 Å². The van der Waals surface area contributed by atoms with E-state index in [9.17, 15) is 26.4 Å². The highest BCUT2D eigenvalue weighted by Crippen LogP contribution is 2.35. The summed E-state index contributed by atoms with van der Waals surface area (Å²) in [6.45, 7) is 2.75. The maximum atomic E-state index is 13.7. The molecule has 0 aromatic heterocycles. The van der Waals surface area contributed by atoms with Crippen molar-refractivity contribution in [2.75, 3.05) is 18.0 Å². The van der Waals surface area contributed by atoms with Crippen LogP contribution in [0.2, 0.25) is 0 Å². The molecule has 0 saturated carbocycles. The van der Waals surface area contributed by atoms with Crippen molar-refractivity contribution in [1.29, 1.82) is 0 Å². The standard InChI is InChI=1S/C27H29F3N2O4S/c1-19-12-15-24(36-3)25(16-19)37(34,35)32(23-11-7-10-22(17-23)27(28,29)30)18-26(33)31-20(2)13-14-21-8-5-4-6-9-21/h4-12,15-17,20H,13-14,18H2,1-3H3,(H,31,33)/t20-/m1/s1. The zero-order valence-electron chi connectivity index (χ0n) is 20.7. The molecule has 3 rings (SSSR count). The maximum absolute atomic E-state index is 13.7. The Morgan fingerprint density at radius 1 is 1.03 bits per heavy atom. The van der Waals surface area contributed by atoms with E-state index in [-0.39, 0.29) is 22.4 Å². The van der Waals surface area contributed by atoms with E-state index in [1.165, 1.54) is 25.3 Å². The van der Waals surface area contributed by atoms with Gasteiger partial charge >= 0.3 is 6.18 Å². The number of nitrogens with one attached hydrogen (secondary N) is 1. The lowest BCUT2D eigenvalue weighted by molar-refractivity contribution is -0.137. The average Bonchev–Trinajstić information content (AvgIpc) is 2.86. The highest BCUT2D eigenvalue weighted by molar-refractivity contribution is 7.93. The number of anilines is 1. The summed E-state index contributed by atoms with van der Waals surface area (Å²) in [5.74, 6) is -0.632. The number of methoxy groups -OCH3 is 1. The number of nitrogens with zero attached hydrogens (tertiary/aromatic N) is 1. The molecule has 0 radical (unpaired) electrons. The fourth-order valence-corrected chi connectivity index (χ4v) is 5.46. The van der Waals surface area contributed by atoms with Gasteiger partial charge in [0.1, 0.15) is 17.2 Å². The largest absolute Gasteiger partial charge is 0.495 e. The van der Waals surface area contributed by atoms with Crippen LogP contribution in [0.15, 0.2) is 77.7 Å². The second-order valence-electron chi connectivity index (χ2n) is 8.71. The van der Waals surface area contributed by atoms with Crippen molar-refractivity contribution < 1.29 is 31.1 Å². The predicted molar refractivity (Wildman–Crippen MR) is 136 cm³/mol. The van der Waals surface area contributed by atoms with Crippen molar-refractivity contribution in [1.82, 2.24) is 5.32 Å². The van der Waals surface area contributed by atoms with E-state index in [4.69, 9.17) is 4.74 Å². The van der Waals surface area contributed by atoms with Crippen molar-refractivity contribution in [2.45, 2.75) is 43.8 Å². The van der Waals surface area contributed by atoms with Gasteiger partial charge in [-0.15, -0.1) is 0 Å². The van der Waals surface area contributed by atoms with Crippen molar-refractivity contribution in [3.8, 4) is 5.75 Å². The lowest BCUT2D eigenvalue weighted by atomic mass is 10.1. The summed E-state index contributed by atoms with van der Waals surface area (Å²) in [4.78, 5) is 12.7. The molecule has 1 amide bonds. The Balaban J connectivity index is 1.92. The average molecular weight is 535 g/mol. The van der Waals surface area contributed by atoms with E-state index in [1.807, 2.05) is 30.3 Å². The van der Waals surface area contributed by atoms with Crippen LogP contribution >= 0.6 is 0 Å². The Morgan fingerprint density at radius 2 is 1.73 bits per heavy atom. The number of rotatable bonds is 10. The lowest BCUT2D eigenvalue weighted by Crippen LogP contribution is -2.43. The van der Waals surface area contributed by atoms with Crippen LogP contribution in [-0.4, -0.2) is 34.0 Å². The number of aryl methyl sites for hydroxylation is 2. The first kappa shape index (κ1) is 28.0. The molecular formula is C27H29F3N2O4S. The molecule has 1 atom stereocenters. The quantitative estimate of drug-likeness (QED) is 0.380. The van der Waals surface area contributed by atoms with E-state index in [0.29, 0.717) is 28.8 Å². The SMILES string of the molecule is COc1ccc(C)cc1S(=O)(=O)N(CC(=O)N[C@H](C)CCc1ccccc1)c1cccc(C(F)(F)F)c1. The Bertz CT molecular complexity index is 1330. The highest BCUT2D eigenvalue weighted by Gasteiger charge is 2.34. The van der Waals surface area contributed by atoms with Gasteiger partial charge in [0.2, 0.25) is 5.91 Å². The maximum Gasteiger partial charge on any atom is 0.416 e. The fraction of sp³-hybridized carbons (Fsp3) is 0.296. The Labute approximate surface area is 215 Å². The van der Waals surface area contributed by atoms with Crippen LogP contribution in [0.3, 0.4) is 0 Å². The van der Waals surface area contributed by atoms with Crippen LogP contribution in [-0.2, 0) is 27.4 Å². The van der Waals surface area contributed by atoms with Gasteiger partial charge in [0, 0.05) is 6.04 Å². The Hall–Kier alpha value is -3.53. The number of hydrogen-bond acceptors (Lipinski definition) is 4. The van der Waals surface area contributed by atoms with Gasteiger partial charge in [0.15, 0.2) is 0 Å². The first-order chi connectivity index (χ1) is 17.4. The summed E-state index contributed by atoms with van der Waals surface area (Å²) in [6.07, 6.45) is -3.41. The molecule has 198 valence electrons. The number of halogens is 3. The molecule has 0 aliphatic carbocycles. The van der Waals surface area contributed by atoms with E-state index in [0.717, 1.165) is 17.7 Å². The summed E-state index contributed by atoms with van der Waals surface area (Å²) in [7, 11) is -3.20. The third-order valence-corrected chi connectivity index (χ3v) is 7.55. The molecule has 1 N–H and O–H groups in total. The number of hydrogen-bond donors (Lipinski definition) is 1. The lowest BCUT2D eigenvalue weighted by Gasteiger charge is -2.26. The van der Waals surface area contributed by atoms with Crippen LogP contribution in [0.25, 0.3) is 0 Å². The molecule has 6 nitrogen and oxygen atoms in total. The molecule has 3 aromatic rings. The number of ether oxygens (including phenoxy) is 1. The predicted octanol–water partition coefficient (Wildman–Crippen LogP) is 5.36. The van der Waals surface area contributed by atoms with Crippen molar-refractivity contribution in [3.63, 3.8) is 0 Å². The third kappa shape index (κ3) is 7.25. The molecular weight excluding hydrogens is 505 g/mol. The molecule has 0 saturated heterocycles. The first-order valence-electron chi connectivity index (χ1n) is 11.6. The van der Waals surface area contributed by atoms with Gasteiger partial charge in [-0.3, -0.25) is 9.10 Å². The molecule has 0 bridgehead atoms. The van der Waals surface area contributed by atoms with Crippen molar-refractivity contribution >= 4 is 21.6 Å². The van der Waals surface area contributed by atoms with Crippen LogP contribution in [0, 0.1) is 6.92 Å². The summed E-state index contributed by atoms with van der Waals surface area (Å²) in [5, 5.41) is 2.76. The molecule has 37 heavy (non-hydrogen) atoms. The van der Waals surface area contributed by atoms with Crippen LogP contribution in [0.1, 0.15) is 30.0 Å². The zero-order chi connectivity index (χ0) is 27.2. The topological polar surface area (TPSA) is 75.7 Å². The smallest absolute Gasteiger partial charge is 0.416 e. The fourth-order valence-electron chi connectivity index (χ4n) is 3.81. The van der Waals surface area contributed by atoms with Gasteiger partial charge in [-0.2, -0.15) is 13.2 Å². The zero-order valence-corrected chi connectivity index (χ0v) is 21.6. The van der Waals surface area contributed by atoms with Crippen LogP contribution in [0.4, 0.5) is 18.9 Å². The monoisotopic (exact) mass is 534 g/mol. The van der Waals surface area contributed by atoms with Gasteiger partial charge in [0.05, 0.1) is 18.4 Å². The van der Waals surface area contributed by atoms with E-state index in [2.05, 4.69) is 5.32 Å². The second kappa shape index (κ2) is 11.7. The van der Waals surface area contributed by atoms with Crippen LogP contribution < -0.4 is 14.4 Å². The van der Waals surface area contributed by atoms with E-state index in [1.54, 1.807) is 19.9 Å². The van der Waals surface area contributed by atoms with Gasteiger partial charge in [-0.1, -0.05) is 42.5 Å². The Morgan fingerprint density at radius 3 is 2.38 bits per heavy atom. The molecule has 0 aliphatic heterocycles. The normalized spacial score (nSPS) is 12.6. The number of amides is 1. The van der Waals surface area contributed by atoms with Crippen LogP contribution in [0.5, 0.6) is 5.75 Å². The van der Waals surface area contributed by atoms with Gasteiger partial charge < -0.3 is 10.1 Å². The summed E-state index contributed by atoms with van der Waals surface area (Å²) in [5.41, 5.74) is 0.370. The molecule has 10 heteroatoms. The minimum absolute atomic E-state index is 0.0132. The van der Waals surface area contributed by atoms with Gasteiger partial charge in [-0.25, -0.2) is 8.42 Å². The second-order valence-corrected chi connectivity index (χ2v) is 10.5. The number of carbonyl (C=O) groups is 1.